The third kappa shape index (κ3) is 3.81. The number of para-hydroxylation sites is 2. The first kappa shape index (κ1) is 16.2. The quantitative estimate of drug-likeness (QED) is 0.730. The minimum absolute atomic E-state index is 0.691. The molecule has 0 radical (unpaired) electrons. The molecule has 3 rings (SSSR count). The number of aryl methyl sites for hydroxylation is 1. The van der Waals surface area contributed by atoms with Crippen molar-refractivity contribution in [1.29, 1.82) is 0 Å². The lowest BCUT2D eigenvalue weighted by Crippen LogP contribution is -2.30. The van der Waals surface area contributed by atoms with Gasteiger partial charge in [0.05, 0.1) is 11.9 Å². The van der Waals surface area contributed by atoms with E-state index in [1.807, 2.05) is 77.6 Å². The van der Waals surface area contributed by atoms with Crippen molar-refractivity contribution in [2.75, 3.05) is 12.4 Å². The van der Waals surface area contributed by atoms with E-state index in [-0.39, 0.29) is 0 Å². The Morgan fingerprint density at radius 3 is 2.58 bits per heavy atom. The van der Waals surface area contributed by atoms with Crippen molar-refractivity contribution in [3.8, 4) is 5.69 Å². The first-order valence-corrected chi connectivity index (χ1v) is 8.21. The van der Waals surface area contributed by atoms with E-state index in [2.05, 4.69) is 23.4 Å². The molecule has 5 heteroatoms. The molecule has 0 fully saturated rings. The summed E-state index contributed by atoms with van der Waals surface area (Å²) in [6, 6.07) is 18.2. The van der Waals surface area contributed by atoms with Crippen LogP contribution in [-0.2, 0) is 6.54 Å². The predicted molar refractivity (Wildman–Crippen MR) is 102 cm³/mol. The molecule has 0 aliphatic carbocycles. The van der Waals surface area contributed by atoms with E-state index in [1.54, 1.807) is 0 Å². The van der Waals surface area contributed by atoms with Crippen LogP contribution in [0.2, 0.25) is 0 Å². The van der Waals surface area contributed by atoms with Crippen molar-refractivity contribution in [2.45, 2.75) is 13.5 Å². The second-order valence-electron chi connectivity index (χ2n) is 5.73. The molecule has 3 aromatic rings. The summed E-state index contributed by atoms with van der Waals surface area (Å²) in [5.74, 6) is 0. The molecule has 0 bridgehead atoms. The van der Waals surface area contributed by atoms with E-state index in [0.717, 1.165) is 16.9 Å². The summed E-state index contributed by atoms with van der Waals surface area (Å²) in [6.45, 7) is 2.76. The van der Waals surface area contributed by atoms with Gasteiger partial charge in [0.2, 0.25) is 0 Å². The topological polar surface area (TPSA) is 33.1 Å². The molecule has 4 nitrogen and oxygen atoms in total. The third-order valence-electron chi connectivity index (χ3n) is 3.81. The van der Waals surface area contributed by atoms with Gasteiger partial charge in [0, 0.05) is 31.0 Å². The van der Waals surface area contributed by atoms with Crippen LogP contribution >= 0.6 is 12.2 Å². The molecule has 0 saturated carbocycles. The van der Waals surface area contributed by atoms with Crippen molar-refractivity contribution >= 4 is 23.0 Å². The van der Waals surface area contributed by atoms with Crippen molar-refractivity contribution in [3.05, 3.63) is 78.1 Å². The van der Waals surface area contributed by atoms with Gasteiger partial charge in [0.1, 0.15) is 0 Å². The SMILES string of the molecule is Cc1ccccc1NC(=S)N(C)Cc1cnn(-c2ccccc2)c1. The molecule has 122 valence electrons. The summed E-state index contributed by atoms with van der Waals surface area (Å²) >= 11 is 5.51. The highest BCUT2D eigenvalue weighted by Gasteiger charge is 2.09. The zero-order valence-corrected chi connectivity index (χ0v) is 14.6. The number of nitrogens with one attached hydrogen (secondary N) is 1. The predicted octanol–water partition coefficient (Wildman–Crippen LogP) is 4.01. The Morgan fingerprint density at radius 1 is 1.12 bits per heavy atom. The van der Waals surface area contributed by atoms with Crippen LogP contribution in [0.15, 0.2) is 67.0 Å². The molecule has 0 amide bonds. The minimum Gasteiger partial charge on any atom is -0.348 e. The Balaban J connectivity index is 1.65. The fourth-order valence-electron chi connectivity index (χ4n) is 2.43. The standard InChI is InChI=1S/C19H20N4S/c1-15-8-6-7-11-18(15)21-19(24)22(2)13-16-12-20-23(14-16)17-9-4-3-5-10-17/h3-12,14H,13H2,1-2H3,(H,21,24). The van der Waals surface area contributed by atoms with E-state index < -0.39 is 0 Å². The maximum absolute atomic E-state index is 5.51. The highest BCUT2D eigenvalue weighted by atomic mass is 32.1. The lowest BCUT2D eigenvalue weighted by Gasteiger charge is -2.21. The van der Waals surface area contributed by atoms with Crippen molar-refractivity contribution in [3.63, 3.8) is 0 Å². The normalized spacial score (nSPS) is 10.4. The maximum atomic E-state index is 5.51. The molecule has 0 unspecified atom stereocenters. The molecule has 0 saturated heterocycles. The van der Waals surface area contributed by atoms with Gasteiger partial charge in [-0.1, -0.05) is 36.4 Å². The second kappa shape index (κ2) is 7.27. The summed E-state index contributed by atoms with van der Waals surface area (Å²) in [4.78, 5) is 2.01. The van der Waals surface area contributed by atoms with Gasteiger partial charge in [-0.2, -0.15) is 5.10 Å². The highest BCUT2D eigenvalue weighted by Crippen LogP contribution is 2.15. The van der Waals surface area contributed by atoms with Gasteiger partial charge in [-0.25, -0.2) is 4.68 Å². The lowest BCUT2D eigenvalue weighted by atomic mass is 10.2. The van der Waals surface area contributed by atoms with Gasteiger partial charge in [0.25, 0.3) is 0 Å². The average Bonchev–Trinajstić information content (AvgIpc) is 3.06. The molecular weight excluding hydrogens is 316 g/mol. The Hall–Kier alpha value is -2.66. The molecule has 1 aromatic heterocycles. The summed E-state index contributed by atoms with van der Waals surface area (Å²) < 4.78 is 1.88. The number of benzene rings is 2. The maximum Gasteiger partial charge on any atom is 0.173 e. The minimum atomic E-state index is 0.691. The number of nitrogens with zero attached hydrogens (tertiary/aromatic N) is 3. The van der Waals surface area contributed by atoms with E-state index in [1.165, 1.54) is 5.56 Å². The van der Waals surface area contributed by atoms with E-state index >= 15 is 0 Å². The number of rotatable bonds is 4. The van der Waals surface area contributed by atoms with Crippen LogP contribution in [0.1, 0.15) is 11.1 Å². The molecule has 1 N–H and O–H groups in total. The Bertz CT molecular complexity index is 826. The van der Waals surface area contributed by atoms with Crippen LogP contribution in [-0.4, -0.2) is 26.8 Å². The fraction of sp³-hybridized carbons (Fsp3) is 0.158. The number of hydrogen-bond donors (Lipinski definition) is 1. The van der Waals surface area contributed by atoms with Crippen LogP contribution in [0.25, 0.3) is 5.69 Å². The van der Waals surface area contributed by atoms with Gasteiger partial charge in [-0.3, -0.25) is 0 Å². The average molecular weight is 336 g/mol. The van der Waals surface area contributed by atoms with Crippen LogP contribution in [0.4, 0.5) is 5.69 Å². The van der Waals surface area contributed by atoms with E-state index in [9.17, 15) is 0 Å². The second-order valence-corrected chi connectivity index (χ2v) is 6.12. The Labute approximate surface area is 147 Å². The van der Waals surface area contributed by atoms with E-state index in [0.29, 0.717) is 11.7 Å². The summed E-state index contributed by atoms with van der Waals surface area (Å²) in [5, 5.41) is 8.41. The van der Waals surface area contributed by atoms with Crippen LogP contribution < -0.4 is 5.32 Å². The molecule has 0 spiro atoms. The molecule has 0 aliphatic heterocycles. The number of thiocarbonyl (C=S) groups is 1. The molecule has 2 aromatic carbocycles. The Kier molecular flexibility index (Phi) is 4.91. The lowest BCUT2D eigenvalue weighted by molar-refractivity contribution is 0.508. The zero-order valence-electron chi connectivity index (χ0n) is 13.8. The van der Waals surface area contributed by atoms with Crippen LogP contribution in [0, 0.1) is 6.92 Å². The number of aromatic nitrogens is 2. The monoisotopic (exact) mass is 336 g/mol. The third-order valence-corrected chi connectivity index (χ3v) is 4.22. The van der Waals surface area contributed by atoms with Crippen LogP contribution in [0.3, 0.4) is 0 Å². The summed E-state index contributed by atoms with van der Waals surface area (Å²) in [6.07, 6.45) is 3.90. The summed E-state index contributed by atoms with van der Waals surface area (Å²) in [7, 11) is 1.98. The molecule has 24 heavy (non-hydrogen) atoms. The number of hydrogen-bond acceptors (Lipinski definition) is 2. The molecular formula is C19H20N4S. The van der Waals surface area contributed by atoms with E-state index in [4.69, 9.17) is 12.2 Å². The van der Waals surface area contributed by atoms with Gasteiger partial charge >= 0.3 is 0 Å². The van der Waals surface area contributed by atoms with Crippen molar-refractivity contribution < 1.29 is 0 Å². The van der Waals surface area contributed by atoms with Gasteiger partial charge < -0.3 is 10.2 Å². The van der Waals surface area contributed by atoms with Gasteiger partial charge in [0.15, 0.2) is 5.11 Å². The van der Waals surface area contributed by atoms with Gasteiger partial charge in [-0.15, -0.1) is 0 Å². The zero-order chi connectivity index (χ0) is 16.9. The summed E-state index contributed by atoms with van der Waals surface area (Å²) in [5.41, 5.74) is 4.36. The molecule has 0 aliphatic rings. The smallest absolute Gasteiger partial charge is 0.173 e. The number of anilines is 1. The van der Waals surface area contributed by atoms with Crippen molar-refractivity contribution in [2.24, 2.45) is 0 Å². The largest absolute Gasteiger partial charge is 0.348 e. The highest BCUT2D eigenvalue weighted by molar-refractivity contribution is 7.80. The molecule has 1 heterocycles. The first-order chi connectivity index (χ1) is 11.6. The van der Waals surface area contributed by atoms with Gasteiger partial charge in [-0.05, 0) is 42.9 Å². The fourth-order valence-corrected chi connectivity index (χ4v) is 2.61. The molecule has 0 atom stereocenters. The first-order valence-electron chi connectivity index (χ1n) is 7.80. The Morgan fingerprint density at radius 2 is 1.83 bits per heavy atom. The van der Waals surface area contributed by atoms with Crippen molar-refractivity contribution in [1.82, 2.24) is 14.7 Å². The van der Waals surface area contributed by atoms with Crippen LogP contribution in [0.5, 0.6) is 0 Å².